The minimum Gasteiger partial charge on any atom is -0.356 e. The van der Waals surface area contributed by atoms with Crippen molar-refractivity contribution >= 4 is 17.5 Å². The third-order valence-corrected chi connectivity index (χ3v) is 3.40. The van der Waals surface area contributed by atoms with Gasteiger partial charge < -0.3 is 15.2 Å². The first-order valence-electron chi connectivity index (χ1n) is 5.98. The highest BCUT2D eigenvalue weighted by Crippen LogP contribution is 2.19. The van der Waals surface area contributed by atoms with E-state index in [9.17, 15) is 4.79 Å². The van der Waals surface area contributed by atoms with Crippen molar-refractivity contribution in [2.24, 2.45) is 5.92 Å². The van der Waals surface area contributed by atoms with E-state index >= 15 is 0 Å². The lowest BCUT2D eigenvalue weighted by atomic mass is 9.98. The number of hydrogen-bond acceptors (Lipinski definition) is 2. The van der Waals surface area contributed by atoms with Crippen LogP contribution in [0.2, 0.25) is 5.02 Å². The quantitative estimate of drug-likeness (QED) is 0.864. The van der Waals surface area contributed by atoms with E-state index < -0.39 is 0 Å². The second-order valence-corrected chi connectivity index (χ2v) is 4.99. The number of aromatic amines is 1. The molecule has 2 N–H and O–H groups in total. The van der Waals surface area contributed by atoms with Crippen molar-refractivity contribution in [2.45, 2.75) is 12.8 Å². The molecule has 1 aromatic rings. The molecule has 1 amide bonds. The number of carbonyl (C=O) groups excluding carboxylic acids is 1. The van der Waals surface area contributed by atoms with E-state index in [1.165, 1.54) is 6.42 Å². The number of rotatable bonds is 3. The molecule has 1 aliphatic rings. The molecule has 0 bridgehead atoms. The number of nitrogens with one attached hydrogen (secondary N) is 2. The lowest BCUT2D eigenvalue weighted by molar-refractivity contribution is 0.0669. The molecule has 2 rings (SSSR count). The Morgan fingerprint density at radius 2 is 2.53 bits per heavy atom. The van der Waals surface area contributed by atoms with Gasteiger partial charge in [0.2, 0.25) is 0 Å². The Morgan fingerprint density at radius 1 is 1.71 bits per heavy atom. The third-order valence-electron chi connectivity index (χ3n) is 3.18. The molecule has 5 heteroatoms. The summed E-state index contributed by atoms with van der Waals surface area (Å²) >= 11 is 5.81. The molecule has 0 aliphatic carbocycles. The van der Waals surface area contributed by atoms with Gasteiger partial charge in [0.15, 0.2) is 0 Å². The van der Waals surface area contributed by atoms with E-state index in [4.69, 9.17) is 11.6 Å². The summed E-state index contributed by atoms with van der Waals surface area (Å²) in [4.78, 5) is 17.0. The van der Waals surface area contributed by atoms with E-state index in [0.717, 1.165) is 26.1 Å². The van der Waals surface area contributed by atoms with Crippen molar-refractivity contribution in [2.75, 3.05) is 26.7 Å². The molecule has 0 spiro atoms. The highest BCUT2D eigenvalue weighted by Gasteiger charge is 2.24. The van der Waals surface area contributed by atoms with Gasteiger partial charge in [0, 0.05) is 19.3 Å². The summed E-state index contributed by atoms with van der Waals surface area (Å²) in [6.07, 6.45) is 3.91. The zero-order valence-corrected chi connectivity index (χ0v) is 10.8. The Bertz CT molecular complexity index is 389. The molecule has 0 saturated carbocycles. The molecule has 1 unspecified atom stereocenters. The fourth-order valence-corrected chi connectivity index (χ4v) is 2.53. The maximum atomic E-state index is 12.2. The molecule has 1 atom stereocenters. The van der Waals surface area contributed by atoms with Crippen molar-refractivity contribution in [1.82, 2.24) is 15.2 Å². The zero-order valence-electron chi connectivity index (χ0n) is 10.0. The third kappa shape index (κ3) is 3.01. The van der Waals surface area contributed by atoms with Gasteiger partial charge in [-0.3, -0.25) is 4.79 Å². The Balaban J connectivity index is 1.99. The molecule has 2 heterocycles. The van der Waals surface area contributed by atoms with Crippen LogP contribution in [0.5, 0.6) is 0 Å². The van der Waals surface area contributed by atoms with E-state index in [-0.39, 0.29) is 5.91 Å². The average molecular weight is 256 g/mol. The van der Waals surface area contributed by atoms with Crippen LogP contribution in [0.15, 0.2) is 12.3 Å². The smallest absolute Gasteiger partial charge is 0.270 e. The number of halogens is 1. The largest absolute Gasteiger partial charge is 0.356 e. The van der Waals surface area contributed by atoms with Crippen LogP contribution in [0.4, 0.5) is 0 Å². The lowest BCUT2D eigenvalue weighted by Gasteiger charge is -2.32. The van der Waals surface area contributed by atoms with Crippen molar-refractivity contribution in [1.29, 1.82) is 0 Å². The fourth-order valence-electron chi connectivity index (χ4n) is 2.37. The molecule has 1 aliphatic heterocycles. The first-order chi connectivity index (χ1) is 8.20. The van der Waals surface area contributed by atoms with Gasteiger partial charge in [0.1, 0.15) is 5.69 Å². The van der Waals surface area contributed by atoms with Crippen LogP contribution >= 0.6 is 11.6 Å². The van der Waals surface area contributed by atoms with Crippen LogP contribution in [0.3, 0.4) is 0 Å². The molecule has 1 aromatic heterocycles. The number of aromatic nitrogens is 1. The number of likely N-dealkylation sites (tertiary alicyclic amines) is 1. The normalized spacial score (nSPS) is 20.6. The maximum Gasteiger partial charge on any atom is 0.270 e. The zero-order chi connectivity index (χ0) is 12.3. The Kier molecular flexibility index (Phi) is 4.07. The summed E-state index contributed by atoms with van der Waals surface area (Å²) in [7, 11) is 1.95. The molecule has 94 valence electrons. The van der Waals surface area contributed by atoms with Crippen LogP contribution in [-0.4, -0.2) is 42.5 Å². The van der Waals surface area contributed by atoms with Crippen molar-refractivity contribution < 1.29 is 4.79 Å². The monoisotopic (exact) mass is 255 g/mol. The fraction of sp³-hybridized carbons (Fsp3) is 0.583. The van der Waals surface area contributed by atoms with E-state index in [0.29, 0.717) is 16.6 Å². The molecule has 1 fully saturated rings. The van der Waals surface area contributed by atoms with Crippen molar-refractivity contribution in [3.8, 4) is 0 Å². The van der Waals surface area contributed by atoms with E-state index in [2.05, 4.69) is 10.3 Å². The van der Waals surface area contributed by atoms with Gasteiger partial charge >= 0.3 is 0 Å². The standard InChI is InChI=1S/C12H18ClN3O/c1-14-6-9-3-2-4-16(8-9)12(17)11-5-10(13)7-15-11/h5,7,9,14-15H,2-4,6,8H2,1H3. The average Bonchev–Trinajstić information content (AvgIpc) is 2.76. The van der Waals surface area contributed by atoms with Crippen molar-refractivity contribution in [3.63, 3.8) is 0 Å². The first kappa shape index (κ1) is 12.5. The van der Waals surface area contributed by atoms with Gasteiger partial charge in [-0.1, -0.05) is 11.6 Å². The minimum absolute atomic E-state index is 0.0534. The summed E-state index contributed by atoms with van der Waals surface area (Å²) in [5, 5.41) is 3.75. The summed E-state index contributed by atoms with van der Waals surface area (Å²) < 4.78 is 0. The number of piperidine rings is 1. The summed E-state index contributed by atoms with van der Waals surface area (Å²) in [6.45, 7) is 2.64. The van der Waals surface area contributed by atoms with Gasteiger partial charge in [-0.25, -0.2) is 0 Å². The molecule has 0 aromatic carbocycles. The van der Waals surface area contributed by atoms with Crippen LogP contribution < -0.4 is 5.32 Å². The first-order valence-corrected chi connectivity index (χ1v) is 6.36. The Labute approximate surface area is 106 Å². The van der Waals surface area contributed by atoms with Gasteiger partial charge in [-0.05, 0) is 38.4 Å². The topological polar surface area (TPSA) is 48.1 Å². The predicted molar refractivity (Wildman–Crippen MR) is 68.4 cm³/mol. The number of amides is 1. The lowest BCUT2D eigenvalue weighted by Crippen LogP contribution is -2.42. The highest BCUT2D eigenvalue weighted by molar-refractivity contribution is 6.30. The van der Waals surface area contributed by atoms with Gasteiger partial charge in [-0.2, -0.15) is 0 Å². The summed E-state index contributed by atoms with van der Waals surface area (Å²) in [5.74, 6) is 0.612. The Hall–Kier alpha value is -1.00. The highest BCUT2D eigenvalue weighted by atomic mass is 35.5. The molecular formula is C12H18ClN3O. The summed E-state index contributed by atoms with van der Waals surface area (Å²) in [5.41, 5.74) is 0.583. The molecular weight excluding hydrogens is 238 g/mol. The predicted octanol–water partition coefficient (Wildman–Crippen LogP) is 1.74. The minimum atomic E-state index is 0.0534. The molecule has 0 radical (unpaired) electrons. The van der Waals surface area contributed by atoms with E-state index in [1.807, 2.05) is 11.9 Å². The summed E-state index contributed by atoms with van der Waals surface area (Å²) in [6, 6.07) is 1.69. The number of carbonyl (C=O) groups is 1. The van der Waals surface area contributed by atoms with Crippen LogP contribution in [0.1, 0.15) is 23.3 Å². The van der Waals surface area contributed by atoms with E-state index in [1.54, 1.807) is 12.3 Å². The van der Waals surface area contributed by atoms with Gasteiger partial charge in [0.25, 0.3) is 5.91 Å². The van der Waals surface area contributed by atoms with Gasteiger partial charge in [0.05, 0.1) is 5.02 Å². The second-order valence-electron chi connectivity index (χ2n) is 4.55. The number of hydrogen-bond donors (Lipinski definition) is 2. The second kappa shape index (κ2) is 5.56. The molecule has 1 saturated heterocycles. The Morgan fingerprint density at radius 3 is 3.18 bits per heavy atom. The van der Waals surface area contributed by atoms with Crippen LogP contribution in [0.25, 0.3) is 0 Å². The van der Waals surface area contributed by atoms with Crippen LogP contribution in [-0.2, 0) is 0 Å². The molecule has 17 heavy (non-hydrogen) atoms. The molecule has 4 nitrogen and oxygen atoms in total. The maximum absolute atomic E-state index is 12.2. The van der Waals surface area contributed by atoms with Crippen LogP contribution in [0, 0.1) is 5.92 Å². The SMILES string of the molecule is CNCC1CCCN(C(=O)c2cc(Cl)c[nH]2)C1. The number of H-pyrrole nitrogens is 1. The number of nitrogens with zero attached hydrogens (tertiary/aromatic N) is 1. The van der Waals surface area contributed by atoms with Crippen molar-refractivity contribution in [3.05, 3.63) is 23.0 Å². The van der Waals surface area contributed by atoms with Gasteiger partial charge in [-0.15, -0.1) is 0 Å².